The molecule has 0 unspecified atom stereocenters. The maximum absolute atomic E-state index is 10.6. The topological polar surface area (TPSA) is 66.3 Å². The van der Waals surface area contributed by atoms with Crippen molar-refractivity contribution >= 4 is 5.97 Å². The van der Waals surface area contributed by atoms with Crippen LogP contribution in [0.1, 0.15) is 30.0 Å². The molecular weight excluding hydrogens is 194 g/mol. The predicted octanol–water partition coefficient (Wildman–Crippen LogP) is 1.02. The first kappa shape index (κ1) is 11.6. The van der Waals surface area contributed by atoms with Crippen LogP contribution < -0.4 is 0 Å². The van der Waals surface area contributed by atoms with Crippen molar-refractivity contribution in [2.75, 3.05) is 13.1 Å². The van der Waals surface area contributed by atoms with E-state index in [0.717, 1.165) is 13.1 Å². The van der Waals surface area contributed by atoms with Crippen molar-refractivity contribution in [2.45, 2.75) is 20.4 Å². The van der Waals surface area contributed by atoms with E-state index in [1.54, 1.807) is 0 Å². The van der Waals surface area contributed by atoms with Gasteiger partial charge in [0.05, 0.1) is 12.1 Å². The molecule has 5 nitrogen and oxygen atoms in total. The summed E-state index contributed by atoms with van der Waals surface area (Å²) in [5.74, 6) is -0.340. The first-order valence-corrected chi connectivity index (χ1v) is 4.94. The Bertz CT molecular complexity index is 320. The number of carboxylic acids is 1. The molecule has 1 aromatic rings. The highest BCUT2D eigenvalue weighted by Gasteiger charge is 2.06. The zero-order valence-corrected chi connectivity index (χ0v) is 8.97. The molecule has 0 amide bonds. The molecule has 1 rings (SSSR count). The van der Waals surface area contributed by atoms with Gasteiger partial charge in [0.1, 0.15) is 5.82 Å². The Labute approximate surface area is 88.8 Å². The quantitative estimate of drug-likeness (QED) is 0.784. The van der Waals surface area contributed by atoms with Crippen LogP contribution in [0.4, 0.5) is 0 Å². The fraction of sp³-hybridized carbons (Fsp3) is 0.500. The van der Waals surface area contributed by atoms with Crippen LogP contribution in [0, 0.1) is 0 Å². The Morgan fingerprint density at radius 1 is 1.33 bits per heavy atom. The lowest BCUT2D eigenvalue weighted by Crippen LogP contribution is -2.23. The molecular formula is C10H15N3O2. The van der Waals surface area contributed by atoms with Crippen molar-refractivity contribution in [3.05, 3.63) is 23.8 Å². The molecule has 0 spiro atoms. The molecule has 0 atom stereocenters. The van der Waals surface area contributed by atoms with Crippen molar-refractivity contribution in [2.24, 2.45) is 0 Å². The summed E-state index contributed by atoms with van der Waals surface area (Å²) < 4.78 is 0. The number of hydrogen-bond acceptors (Lipinski definition) is 4. The highest BCUT2D eigenvalue weighted by atomic mass is 16.4. The average Bonchev–Trinajstić information content (AvgIpc) is 2.26. The van der Waals surface area contributed by atoms with Gasteiger partial charge in [-0.05, 0) is 13.1 Å². The molecule has 82 valence electrons. The largest absolute Gasteiger partial charge is 0.478 e. The monoisotopic (exact) mass is 209 g/mol. The predicted molar refractivity (Wildman–Crippen MR) is 55.6 cm³/mol. The number of hydrogen-bond donors (Lipinski definition) is 1. The van der Waals surface area contributed by atoms with Gasteiger partial charge in [-0.3, -0.25) is 4.90 Å². The molecule has 0 saturated carbocycles. The second-order valence-electron chi connectivity index (χ2n) is 3.15. The van der Waals surface area contributed by atoms with E-state index in [1.165, 1.54) is 12.4 Å². The second-order valence-corrected chi connectivity index (χ2v) is 3.15. The van der Waals surface area contributed by atoms with Gasteiger partial charge in [-0.2, -0.15) is 0 Å². The molecule has 0 aliphatic carbocycles. The molecule has 15 heavy (non-hydrogen) atoms. The Hall–Kier alpha value is -1.49. The normalized spacial score (nSPS) is 10.6. The van der Waals surface area contributed by atoms with Gasteiger partial charge in [-0.15, -0.1) is 0 Å². The molecule has 1 aromatic heterocycles. The third-order valence-corrected chi connectivity index (χ3v) is 2.21. The average molecular weight is 209 g/mol. The molecule has 1 N–H and O–H groups in total. The lowest BCUT2D eigenvalue weighted by atomic mass is 10.3. The van der Waals surface area contributed by atoms with Crippen LogP contribution in [0.3, 0.4) is 0 Å². The molecule has 0 radical (unpaired) electrons. The van der Waals surface area contributed by atoms with Crippen molar-refractivity contribution in [3.8, 4) is 0 Å². The molecule has 0 aliphatic heterocycles. The highest BCUT2D eigenvalue weighted by molar-refractivity contribution is 5.86. The minimum atomic E-state index is -0.996. The van der Waals surface area contributed by atoms with Crippen LogP contribution in [0.15, 0.2) is 12.4 Å². The van der Waals surface area contributed by atoms with Crippen LogP contribution in [0.25, 0.3) is 0 Å². The van der Waals surface area contributed by atoms with Crippen LogP contribution in [-0.4, -0.2) is 39.0 Å². The Morgan fingerprint density at radius 2 is 1.87 bits per heavy atom. The standard InChI is InChI=1S/C10H15N3O2/c1-3-13(4-2)7-9-11-5-8(6-12-9)10(14)15/h5-6H,3-4,7H2,1-2H3,(H,14,15). The number of aromatic nitrogens is 2. The summed E-state index contributed by atoms with van der Waals surface area (Å²) in [6, 6.07) is 0. The zero-order valence-electron chi connectivity index (χ0n) is 8.97. The fourth-order valence-corrected chi connectivity index (χ4v) is 1.19. The first-order chi connectivity index (χ1) is 7.17. The maximum Gasteiger partial charge on any atom is 0.338 e. The first-order valence-electron chi connectivity index (χ1n) is 4.94. The Morgan fingerprint density at radius 3 is 2.27 bits per heavy atom. The van der Waals surface area contributed by atoms with Crippen LogP contribution in [-0.2, 0) is 6.54 Å². The van der Waals surface area contributed by atoms with E-state index in [-0.39, 0.29) is 5.56 Å². The van der Waals surface area contributed by atoms with Gasteiger partial charge in [-0.1, -0.05) is 13.8 Å². The van der Waals surface area contributed by atoms with E-state index in [9.17, 15) is 4.79 Å². The molecule has 0 bridgehead atoms. The van der Waals surface area contributed by atoms with E-state index in [0.29, 0.717) is 12.4 Å². The molecule has 5 heteroatoms. The summed E-state index contributed by atoms with van der Waals surface area (Å²) in [5.41, 5.74) is 0.123. The Balaban J connectivity index is 2.67. The van der Waals surface area contributed by atoms with Crippen LogP contribution in [0.5, 0.6) is 0 Å². The van der Waals surface area contributed by atoms with Gasteiger partial charge in [0.25, 0.3) is 0 Å². The second kappa shape index (κ2) is 5.41. The van der Waals surface area contributed by atoms with E-state index in [4.69, 9.17) is 5.11 Å². The third-order valence-electron chi connectivity index (χ3n) is 2.21. The van der Waals surface area contributed by atoms with Gasteiger partial charge in [0, 0.05) is 12.4 Å². The highest BCUT2D eigenvalue weighted by Crippen LogP contribution is 2.00. The van der Waals surface area contributed by atoms with E-state index in [1.807, 2.05) is 0 Å². The van der Waals surface area contributed by atoms with Crippen molar-refractivity contribution in [3.63, 3.8) is 0 Å². The van der Waals surface area contributed by atoms with Gasteiger partial charge in [0.2, 0.25) is 0 Å². The molecule has 0 aromatic carbocycles. The summed E-state index contributed by atoms with van der Waals surface area (Å²) in [7, 11) is 0. The summed E-state index contributed by atoms with van der Waals surface area (Å²) in [4.78, 5) is 20.7. The molecule has 0 fully saturated rings. The van der Waals surface area contributed by atoms with E-state index in [2.05, 4.69) is 28.7 Å². The van der Waals surface area contributed by atoms with Crippen LogP contribution in [0.2, 0.25) is 0 Å². The SMILES string of the molecule is CCN(CC)Cc1ncc(C(=O)O)cn1. The lowest BCUT2D eigenvalue weighted by Gasteiger charge is -2.16. The van der Waals surface area contributed by atoms with E-state index < -0.39 is 5.97 Å². The van der Waals surface area contributed by atoms with Gasteiger partial charge < -0.3 is 5.11 Å². The van der Waals surface area contributed by atoms with Gasteiger partial charge in [0.15, 0.2) is 0 Å². The van der Waals surface area contributed by atoms with Crippen molar-refractivity contribution < 1.29 is 9.90 Å². The summed E-state index contributed by atoms with van der Waals surface area (Å²) in [5, 5.41) is 8.66. The molecule has 0 aliphatic rings. The van der Waals surface area contributed by atoms with Gasteiger partial charge >= 0.3 is 5.97 Å². The van der Waals surface area contributed by atoms with Crippen LogP contribution >= 0.6 is 0 Å². The minimum Gasteiger partial charge on any atom is -0.478 e. The zero-order chi connectivity index (χ0) is 11.3. The summed E-state index contributed by atoms with van der Waals surface area (Å²) >= 11 is 0. The smallest absolute Gasteiger partial charge is 0.338 e. The Kier molecular flexibility index (Phi) is 4.17. The number of nitrogens with zero attached hydrogens (tertiary/aromatic N) is 3. The maximum atomic E-state index is 10.6. The summed E-state index contributed by atoms with van der Waals surface area (Å²) in [6.07, 6.45) is 2.68. The number of carboxylic acid groups (broad SMARTS) is 1. The number of carbonyl (C=O) groups is 1. The van der Waals surface area contributed by atoms with Gasteiger partial charge in [-0.25, -0.2) is 14.8 Å². The third kappa shape index (κ3) is 3.28. The molecule has 1 heterocycles. The fourth-order valence-electron chi connectivity index (χ4n) is 1.19. The van der Waals surface area contributed by atoms with Crippen molar-refractivity contribution in [1.82, 2.24) is 14.9 Å². The number of aromatic carboxylic acids is 1. The minimum absolute atomic E-state index is 0.123. The van der Waals surface area contributed by atoms with Crippen molar-refractivity contribution in [1.29, 1.82) is 0 Å². The molecule has 0 saturated heterocycles. The lowest BCUT2D eigenvalue weighted by molar-refractivity contribution is 0.0696. The summed E-state index contributed by atoms with van der Waals surface area (Å²) in [6.45, 7) is 6.65. The number of rotatable bonds is 5. The van der Waals surface area contributed by atoms with E-state index >= 15 is 0 Å².